The minimum atomic E-state index is -4.38. The lowest BCUT2D eigenvalue weighted by Gasteiger charge is -2.35. The zero-order valence-electron chi connectivity index (χ0n) is 12.6. The number of piperazine rings is 1. The fourth-order valence-corrected chi connectivity index (χ4v) is 2.59. The number of alkyl halides is 3. The first-order valence-electron chi connectivity index (χ1n) is 7.15. The highest BCUT2D eigenvalue weighted by Gasteiger charge is 2.43. The second kappa shape index (κ2) is 6.70. The number of nitrogens with one attached hydrogen (secondary N) is 2. The molecule has 5 nitrogen and oxygen atoms in total. The number of carbonyl (C=O) groups excluding carboxylic acids is 1. The monoisotopic (exact) mass is 319 g/mol. The van der Waals surface area contributed by atoms with Crippen LogP contribution in [0.5, 0.6) is 0 Å². The third kappa shape index (κ3) is 4.01. The highest BCUT2D eigenvalue weighted by Crippen LogP contribution is 2.25. The average Bonchev–Trinajstić information content (AvgIpc) is 2.77. The van der Waals surface area contributed by atoms with Gasteiger partial charge >= 0.3 is 6.18 Å². The predicted octanol–water partition coefficient (Wildman–Crippen LogP) is 1.46. The summed E-state index contributed by atoms with van der Waals surface area (Å²) in [4.78, 5) is 13.4. The summed E-state index contributed by atoms with van der Waals surface area (Å²) in [6, 6.07) is -0.148. The summed E-state index contributed by atoms with van der Waals surface area (Å²) in [5.41, 5.74) is 0.277. The molecule has 1 unspecified atom stereocenters. The lowest BCUT2D eigenvalue weighted by atomic mass is 10.2. The molecule has 0 aromatic carbocycles. The van der Waals surface area contributed by atoms with Gasteiger partial charge in [0.25, 0.3) is 5.91 Å². The van der Waals surface area contributed by atoms with E-state index >= 15 is 0 Å². The Morgan fingerprint density at radius 1 is 1.41 bits per heavy atom. The lowest BCUT2D eigenvalue weighted by Crippen LogP contribution is -2.57. The van der Waals surface area contributed by atoms with Gasteiger partial charge in [0.2, 0.25) is 0 Å². The van der Waals surface area contributed by atoms with Crippen molar-refractivity contribution in [3.05, 3.63) is 23.2 Å². The van der Waals surface area contributed by atoms with Gasteiger partial charge in [-0.25, -0.2) is 0 Å². The van der Waals surface area contributed by atoms with Gasteiger partial charge in [0.05, 0.1) is 5.56 Å². The molecule has 1 aliphatic heterocycles. The zero-order chi connectivity index (χ0) is 16.3. The summed E-state index contributed by atoms with van der Waals surface area (Å²) >= 11 is 0. The van der Waals surface area contributed by atoms with Crippen molar-refractivity contribution in [2.75, 3.05) is 32.7 Å². The fraction of sp³-hybridized carbons (Fsp3) is 0.643. The predicted molar refractivity (Wildman–Crippen MR) is 74.8 cm³/mol. The number of carbonyl (C=O) groups is 1. The van der Waals surface area contributed by atoms with E-state index in [0.717, 1.165) is 0 Å². The average molecular weight is 319 g/mol. The maximum atomic E-state index is 13.2. The van der Waals surface area contributed by atoms with Gasteiger partial charge < -0.3 is 15.1 Å². The van der Waals surface area contributed by atoms with Crippen molar-refractivity contribution in [3.63, 3.8) is 0 Å². The summed E-state index contributed by atoms with van der Waals surface area (Å²) in [6.45, 7) is 4.48. The van der Waals surface area contributed by atoms with Gasteiger partial charge in [0.1, 0.15) is 17.6 Å². The Balaban J connectivity index is 2.01. The first-order valence-corrected chi connectivity index (χ1v) is 7.15. The molecular formula is C14H20F3N3O2. The minimum absolute atomic E-state index is 0.277. The van der Waals surface area contributed by atoms with Crippen molar-refractivity contribution >= 4 is 5.91 Å². The Hall–Kier alpha value is -1.54. The molecule has 0 saturated carbocycles. The standard InChI is InChI=1S/C14H20F3N3O2/c1-9-7-11(10(2)22-9)13(21)19-8-12(14(15,16)17)20-5-3-18-4-6-20/h7,12,18H,3-6,8H2,1-2H3,(H,19,21). The molecular weight excluding hydrogens is 299 g/mol. The molecule has 1 amide bonds. The molecule has 1 fully saturated rings. The molecule has 0 spiro atoms. The van der Waals surface area contributed by atoms with Crippen LogP contribution in [0.4, 0.5) is 13.2 Å². The Labute approximate surface area is 126 Å². The molecule has 0 radical (unpaired) electrons. The van der Waals surface area contributed by atoms with E-state index in [1.165, 1.54) is 11.0 Å². The van der Waals surface area contributed by atoms with E-state index in [1.54, 1.807) is 13.8 Å². The van der Waals surface area contributed by atoms with Crippen molar-refractivity contribution in [3.8, 4) is 0 Å². The van der Waals surface area contributed by atoms with Gasteiger partial charge in [-0.3, -0.25) is 9.69 Å². The van der Waals surface area contributed by atoms with Gasteiger partial charge in [-0.15, -0.1) is 0 Å². The summed E-state index contributed by atoms with van der Waals surface area (Å²) in [6.07, 6.45) is -4.38. The van der Waals surface area contributed by atoms with Crippen LogP contribution >= 0.6 is 0 Å². The zero-order valence-corrected chi connectivity index (χ0v) is 12.6. The summed E-state index contributed by atoms with van der Waals surface area (Å²) in [5, 5.41) is 5.39. The number of halogens is 3. The minimum Gasteiger partial charge on any atom is -0.466 e. The molecule has 2 N–H and O–H groups in total. The highest BCUT2D eigenvalue weighted by molar-refractivity contribution is 5.95. The molecule has 1 aliphatic rings. The van der Waals surface area contributed by atoms with E-state index in [2.05, 4.69) is 10.6 Å². The molecule has 1 atom stereocenters. The smallest absolute Gasteiger partial charge is 0.405 e. The molecule has 0 bridgehead atoms. The van der Waals surface area contributed by atoms with Crippen molar-refractivity contribution in [2.24, 2.45) is 0 Å². The van der Waals surface area contributed by atoms with Crippen LogP contribution in [-0.2, 0) is 0 Å². The molecule has 124 valence electrons. The second-order valence-corrected chi connectivity index (χ2v) is 5.38. The van der Waals surface area contributed by atoms with E-state index in [0.29, 0.717) is 37.7 Å². The Kier molecular flexibility index (Phi) is 5.12. The molecule has 1 saturated heterocycles. The number of furan rings is 1. The molecule has 1 aromatic rings. The number of hydrogen-bond donors (Lipinski definition) is 2. The van der Waals surface area contributed by atoms with E-state index in [1.807, 2.05) is 0 Å². The second-order valence-electron chi connectivity index (χ2n) is 5.38. The largest absolute Gasteiger partial charge is 0.466 e. The van der Waals surface area contributed by atoms with Gasteiger partial charge in [0, 0.05) is 32.7 Å². The van der Waals surface area contributed by atoms with Crippen LogP contribution in [0.1, 0.15) is 21.9 Å². The van der Waals surface area contributed by atoms with E-state index < -0.39 is 24.7 Å². The van der Waals surface area contributed by atoms with Crippen molar-refractivity contribution in [2.45, 2.75) is 26.1 Å². The van der Waals surface area contributed by atoms with Crippen molar-refractivity contribution < 1.29 is 22.4 Å². The Bertz CT molecular complexity index is 522. The van der Waals surface area contributed by atoms with E-state index in [4.69, 9.17) is 4.42 Å². The topological polar surface area (TPSA) is 57.5 Å². The first-order chi connectivity index (χ1) is 10.3. The lowest BCUT2D eigenvalue weighted by molar-refractivity contribution is -0.183. The molecule has 1 aromatic heterocycles. The Morgan fingerprint density at radius 2 is 2.05 bits per heavy atom. The molecule has 2 rings (SSSR count). The number of nitrogens with zero attached hydrogens (tertiary/aromatic N) is 1. The third-order valence-corrected chi connectivity index (χ3v) is 3.71. The maximum Gasteiger partial charge on any atom is 0.405 e. The molecule has 2 heterocycles. The number of amides is 1. The number of hydrogen-bond acceptors (Lipinski definition) is 4. The third-order valence-electron chi connectivity index (χ3n) is 3.71. The quantitative estimate of drug-likeness (QED) is 0.882. The summed E-state index contributed by atoms with van der Waals surface area (Å²) in [5.74, 6) is 0.414. The Morgan fingerprint density at radius 3 is 2.55 bits per heavy atom. The molecule has 22 heavy (non-hydrogen) atoms. The normalized spacial score (nSPS) is 18.2. The fourth-order valence-electron chi connectivity index (χ4n) is 2.59. The molecule has 0 aliphatic carbocycles. The number of aryl methyl sites for hydroxylation is 2. The van der Waals surface area contributed by atoms with Crippen LogP contribution in [0.2, 0.25) is 0 Å². The number of rotatable bonds is 4. The SMILES string of the molecule is Cc1cc(C(=O)NCC(N2CCNCC2)C(F)(F)F)c(C)o1. The van der Waals surface area contributed by atoms with Crippen LogP contribution in [0, 0.1) is 13.8 Å². The maximum absolute atomic E-state index is 13.2. The van der Waals surface area contributed by atoms with E-state index in [9.17, 15) is 18.0 Å². The van der Waals surface area contributed by atoms with Gasteiger partial charge in [-0.1, -0.05) is 0 Å². The van der Waals surface area contributed by atoms with Gasteiger partial charge in [-0.2, -0.15) is 13.2 Å². The van der Waals surface area contributed by atoms with E-state index in [-0.39, 0.29) is 5.56 Å². The van der Waals surface area contributed by atoms with Gasteiger partial charge in [-0.05, 0) is 19.9 Å². The van der Waals surface area contributed by atoms with Crippen LogP contribution in [0.15, 0.2) is 10.5 Å². The summed E-state index contributed by atoms with van der Waals surface area (Å²) in [7, 11) is 0. The molecule has 8 heteroatoms. The van der Waals surface area contributed by atoms with Crippen LogP contribution in [-0.4, -0.2) is 55.7 Å². The first kappa shape index (κ1) is 16.8. The van der Waals surface area contributed by atoms with Crippen LogP contribution in [0.3, 0.4) is 0 Å². The van der Waals surface area contributed by atoms with Crippen LogP contribution < -0.4 is 10.6 Å². The van der Waals surface area contributed by atoms with Gasteiger partial charge in [0.15, 0.2) is 0 Å². The highest BCUT2D eigenvalue weighted by atomic mass is 19.4. The van der Waals surface area contributed by atoms with Crippen LogP contribution in [0.25, 0.3) is 0 Å². The summed E-state index contributed by atoms with van der Waals surface area (Å²) < 4.78 is 44.9. The van der Waals surface area contributed by atoms with Crippen molar-refractivity contribution in [1.82, 2.24) is 15.5 Å². The van der Waals surface area contributed by atoms with Crippen molar-refractivity contribution in [1.29, 1.82) is 0 Å².